The molecule has 7 heteroatoms. The minimum absolute atomic E-state index is 0.0235. The zero-order chi connectivity index (χ0) is 15.3. The molecule has 1 rings (SSSR count). The number of benzene rings is 1. The van der Waals surface area contributed by atoms with Crippen LogP contribution in [0.15, 0.2) is 24.3 Å². The van der Waals surface area contributed by atoms with Crippen molar-refractivity contribution in [2.24, 2.45) is 11.7 Å². The van der Waals surface area contributed by atoms with Crippen molar-refractivity contribution in [2.45, 2.75) is 32.7 Å². The third-order valence-corrected chi connectivity index (χ3v) is 2.89. The van der Waals surface area contributed by atoms with Gasteiger partial charge in [-0.05, 0) is 18.1 Å². The smallest absolute Gasteiger partial charge is 0.406 e. The second-order valence-corrected chi connectivity index (χ2v) is 4.48. The molecule has 0 aliphatic rings. The number of nitrogens with two attached hydrogens (primary N) is 1. The van der Waals surface area contributed by atoms with Crippen LogP contribution in [0, 0.1) is 5.92 Å². The molecular formula is C13H17F3N2O2. The van der Waals surface area contributed by atoms with Crippen molar-refractivity contribution in [3.05, 3.63) is 24.3 Å². The van der Waals surface area contributed by atoms with E-state index in [2.05, 4.69) is 10.1 Å². The van der Waals surface area contributed by atoms with Crippen molar-refractivity contribution in [1.82, 2.24) is 0 Å². The highest BCUT2D eigenvalue weighted by Gasteiger charge is 2.31. The molecule has 4 nitrogen and oxygen atoms in total. The average molecular weight is 290 g/mol. The first-order valence-corrected chi connectivity index (χ1v) is 6.15. The summed E-state index contributed by atoms with van der Waals surface area (Å²) < 4.78 is 40.0. The van der Waals surface area contributed by atoms with Gasteiger partial charge >= 0.3 is 6.36 Å². The Balaban J connectivity index is 2.73. The summed E-state index contributed by atoms with van der Waals surface area (Å²) in [7, 11) is 0. The topological polar surface area (TPSA) is 64.4 Å². The third-order valence-electron chi connectivity index (χ3n) is 2.89. The third kappa shape index (κ3) is 5.08. The van der Waals surface area contributed by atoms with Crippen molar-refractivity contribution in [1.29, 1.82) is 0 Å². The van der Waals surface area contributed by atoms with Crippen LogP contribution in [-0.4, -0.2) is 18.3 Å². The number of nitrogens with one attached hydrogen (secondary N) is 1. The van der Waals surface area contributed by atoms with Crippen LogP contribution in [0.1, 0.15) is 20.3 Å². The van der Waals surface area contributed by atoms with Gasteiger partial charge in [-0.25, -0.2) is 0 Å². The number of rotatable bonds is 5. The zero-order valence-electron chi connectivity index (χ0n) is 11.2. The largest absolute Gasteiger partial charge is 0.573 e. The minimum Gasteiger partial charge on any atom is -0.406 e. The fraction of sp³-hybridized carbons (Fsp3) is 0.462. The van der Waals surface area contributed by atoms with Crippen molar-refractivity contribution in [3.63, 3.8) is 0 Å². The molecule has 112 valence electrons. The van der Waals surface area contributed by atoms with Gasteiger partial charge in [0, 0.05) is 11.8 Å². The van der Waals surface area contributed by atoms with E-state index >= 15 is 0 Å². The van der Waals surface area contributed by atoms with Crippen molar-refractivity contribution < 1.29 is 22.7 Å². The van der Waals surface area contributed by atoms with Gasteiger partial charge in [-0.15, -0.1) is 13.2 Å². The molecule has 1 aromatic rings. The van der Waals surface area contributed by atoms with E-state index in [0.717, 1.165) is 18.6 Å². The predicted molar refractivity (Wildman–Crippen MR) is 69.2 cm³/mol. The van der Waals surface area contributed by atoms with Gasteiger partial charge in [0.1, 0.15) is 5.75 Å². The minimum atomic E-state index is -4.77. The standard InChI is InChI=1S/C13H17F3N2O2/c1-3-8(2)11(17)12(19)18-9-5-4-6-10(7-9)20-13(14,15)16/h4-8,11H,3,17H2,1-2H3,(H,18,19)/t8?,11-/m0/s1. The summed E-state index contributed by atoms with van der Waals surface area (Å²) in [6.07, 6.45) is -4.04. The van der Waals surface area contributed by atoms with Crippen LogP contribution >= 0.6 is 0 Å². The number of carbonyl (C=O) groups excluding carboxylic acids is 1. The quantitative estimate of drug-likeness (QED) is 0.876. The van der Waals surface area contributed by atoms with Gasteiger partial charge in [-0.1, -0.05) is 26.3 Å². The van der Waals surface area contributed by atoms with Gasteiger partial charge in [0.15, 0.2) is 0 Å². The lowest BCUT2D eigenvalue weighted by atomic mass is 9.99. The Hall–Kier alpha value is -1.76. The summed E-state index contributed by atoms with van der Waals surface area (Å²) in [5.74, 6) is -0.861. The molecule has 0 aliphatic carbocycles. The lowest BCUT2D eigenvalue weighted by Crippen LogP contribution is -2.40. The number of anilines is 1. The first kappa shape index (κ1) is 16.3. The highest BCUT2D eigenvalue weighted by molar-refractivity contribution is 5.95. The number of ether oxygens (including phenoxy) is 1. The monoisotopic (exact) mass is 290 g/mol. The highest BCUT2D eigenvalue weighted by atomic mass is 19.4. The number of amides is 1. The molecule has 0 aliphatic heterocycles. The molecular weight excluding hydrogens is 273 g/mol. The van der Waals surface area contributed by atoms with Crippen LogP contribution < -0.4 is 15.8 Å². The number of carbonyl (C=O) groups is 1. The first-order chi connectivity index (χ1) is 9.23. The van der Waals surface area contributed by atoms with Crippen molar-refractivity contribution >= 4 is 11.6 Å². The Morgan fingerprint density at radius 1 is 1.45 bits per heavy atom. The van der Waals surface area contributed by atoms with Crippen LogP contribution in [0.2, 0.25) is 0 Å². The lowest BCUT2D eigenvalue weighted by molar-refractivity contribution is -0.274. The zero-order valence-corrected chi connectivity index (χ0v) is 11.2. The van der Waals surface area contributed by atoms with E-state index in [4.69, 9.17) is 5.73 Å². The lowest BCUT2D eigenvalue weighted by Gasteiger charge is -2.18. The normalized spacial score (nSPS) is 14.5. The van der Waals surface area contributed by atoms with Gasteiger partial charge in [-0.2, -0.15) is 0 Å². The molecule has 0 aromatic heterocycles. The summed E-state index contributed by atoms with van der Waals surface area (Å²) in [6, 6.07) is 4.34. The summed E-state index contributed by atoms with van der Waals surface area (Å²) in [5, 5.41) is 2.47. The highest BCUT2D eigenvalue weighted by Crippen LogP contribution is 2.25. The summed E-state index contributed by atoms with van der Waals surface area (Å²) in [6.45, 7) is 3.73. The molecule has 20 heavy (non-hydrogen) atoms. The molecule has 0 heterocycles. The maximum Gasteiger partial charge on any atom is 0.573 e. The van der Waals surface area contributed by atoms with Gasteiger partial charge in [0.2, 0.25) is 5.91 Å². The molecule has 1 amide bonds. The van der Waals surface area contributed by atoms with Crippen LogP contribution in [0.5, 0.6) is 5.75 Å². The SMILES string of the molecule is CCC(C)[C@H](N)C(=O)Nc1cccc(OC(F)(F)F)c1. The first-order valence-electron chi connectivity index (χ1n) is 6.15. The Morgan fingerprint density at radius 3 is 2.65 bits per heavy atom. The van der Waals surface area contributed by atoms with Gasteiger partial charge in [0.05, 0.1) is 6.04 Å². The summed E-state index contributed by atoms with van der Waals surface area (Å²) >= 11 is 0. The fourth-order valence-corrected chi connectivity index (χ4v) is 1.51. The molecule has 0 bridgehead atoms. The number of halogens is 3. The van der Waals surface area contributed by atoms with Gasteiger partial charge < -0.3 is 15.8 Å². The fourth-order valence-electron chi connectivity index (χ4n) is 1.51. The van der Waals surface area contributed by atoms with E-state index in [0.29, 0.717) is 0 Å². The molecule has 0 saturated carbocycles. The van der Waals surface area contributed by atoms with E-state index in [1.807, 2.05) is 13.8 Å². The summed E-state index contributed by atoms with van der Waals surface area (Å²) in [4.78, 5) is 11.8. The Labute approximate surface area is 115 Å². The average Bonchev–Trinajstić information content (AvgIpc) is 2.35. The molecule has 2 atom stereocenters. The Kier molecular flexibility index (Phi) is 5.38. The predicted octanol–water partition coefficient (Wildman–Crippen LogP) is 2.90. The second kappa shape index (κ2) is 6.60. The molecule has 0 radical (unpaired) electrons. The van der Waals surface area contributed by atoms with Crippen molar-refractivity contribution in [2.75, 3.05) is 5.32 Å². The van der Waals surface area contributed by atoms with Crippen LogP contribution in [0.3, 0.4) is 0 Å². The van der Waals surface area contributed by atoms with E-state index in [1.165, 1.54) is 12.1 Å². The number of hydrogen-bond donors (Lipinski definition) is 2. The van der Waals surface area contributed by atoms with Crippen LogP contribution in [-0.2, 0) is 4.79 Å². The summed E-state index contributed by atoms with van der Waals surface area (Å²) in [5.41, 5.74) is 5.94. The Bertz CT molecular complexity index is 463. The van der Waals surface area contributed by atoms with Crippen LogP contribution in [0.4, 0.5) is 18.9 Å². The molecule has 3 N–H and O–H groups in total. The number of alkyl halides is 3. The molecule has 0 saturated heterocycles. The molecule has 0 spiro atoms. The van der Waals surface area contributed by atoms with E-state index in [9.17, 15) is 18.0 Å². The van der Waals surface area contributed by atoms with Gasteiger partial charge in [-0.3, -0.25) is 4.79 Å². The van der Waals surface area contributed by atoms with Crippen LogP contribution in [0.25, 0.3) is 0 Å². The molecule has 1 aromatic carbocycles. The maximum atomic E-state index is 12.1. The maximum absolute atomic E-state index is 12.1. The molecule has 1 unspecified atom stereocenters. The van der Waals surface area contributed by atoms with E-state index in [1.54, 1.807) is 0 Å². The van der Waals surface area contributed by atoms with E-state index in [-0.39, 0.29) is 11.6 Å². The van der Waals surface area contributed by atoms with Gasteiger partial charge in [0.25, 0.3) is 0 Å². The van der Waals surface area contributed by atoms with E-state index < -0.39 is 24.1 Å². The second-order valence-electron chi connectivity index (χ2n) is 4.48. The molecule has 0 fully saturated rings. The number of hydrogen-bond acceptors (Lipinski definition) is 3. The van der Waals surface area contributed by atoms with Crippen molar-refractivity contribution in [3.8, 4) is 5.75 Å². The Morgan fingerprint density at radius 2 is 2.10 bits per heavy atom.